The van der Waals surface area contributed by atoms with Gasteiger partial charge >= 0.3 is 11.9 Å². The number of cyclic esters (lactones) is 1. The minimum Gasteiger partial charge on any atom is -0.468 e. The Bertz CT molecular complexity index is 662. The molecule has 1 fully saturated rings. The van der Waals surface area contributed by atoms with Gasteiger partial charge in [-0.2, -0.15) is 0 Å². The van der Waals surface area contributed by atoms with Gasteiger partial charge in [-0.15, -0.1) is 0 Å². The molecule has 6 nitrogen and oxygen atoms in total. The van der Waals surface area contributed by atoms with Crippen LogP contribution in [0, 0.1) is 17.8 Å². The zero-order valence-electron chi connectivity index (χ0n) is 16.6. The van der Waals surface area contributed by atoms with Crippen molar-refractivity contribution in [3.63, 3.8) is 0 Å². The summed E-state index contributed by atoms with van der Waals surface area (Å²) in [6.45, 7) is 4.73. The maximum Gasteiger partial charge on any atom is 0.320 e. The largest absolute Gasteiger partial charge is 0.468 e. The molecule has 0 aliphatic carbocycles. The van der Waals surface area contributed by atoms with Crippen LogP contribution in [0.3, 0.4) is 0 Å². The second-order valence-electron chi connectivity index (χ2n) is 6.96. The summed E-state index contributed by atoms with van der Waals surface area (Å²) in [6, 6.07) is 9.82. The Kier molecular flexibility index (Phi) is 8.99. The fourth-order valence-electron chi connectivity index (χ4n) is 3.34. The Labute approximate surface area is 170 Å². The van der Waals surface area contributed by atoms with Crippen LogP contribution < -0.4 is 0 Å². The van der Waals surface area contributed by atoms with Crippen molar-refractivity contribution in [1.82, 2.24) is 0 Å². The van der Waals surface area contributed by atoms with Gasteiger partial charge in [0.05, 0.1) is 20.3 Å². The van der Waals surface area contributed by atoms with Crippen molar-refractivity contribution >= 4 is 28.8 Å². The minimum absolute atomic E-state index is 0.0252. The minimum atomic E-state index is -1.04. The van der Waals surface area contributed by atoms with Gasteiger partial charge in [0.15, 0.2) is 11.0 Å². The van der Waals surface area contributed by atoms with E-state index in [1.165, 1.54) is 18.9 Å². The van der Waals surface area contributed by atoms with Crippen LogP contribution in [0.25, 0.3) is 0 Å². The predicted molar refractivity (Wildman–Crippen MR) is 107 cm³/mol. The molecule has 7 heteroatoms. The summed E-state index contributed by atoms with van der Waals surface area (Å²) in [5, 5.41) is -0.0252. The van der Waals surface area contributed by atoms with Gasteiger partial charge in [0.1, 0.15) is 6.10 Å². The van der Waals surface area contributed by atoms with Crippen LogP contribution in [-0.2, 0) is 35.2 Å². The van der Waals surface area contributed by atoms with Crippen molar-refractivity contribution in [2.75, 3.05) is 19.5 Å². The van der Waals surface area contributed by atoms with Gasteiger partial charge in [-0.3, -0.25) is 14.4 Å². The van der Waals surface area contributed by atoms with E-state index in [0.29, 0.717) is 25.4 Å². The van der Waals surface area contributed by atoms with Gasteiger partial charge < -0.3 is 14.2 Å². The monoisotopic (exact) mass is 408 g/mol. The van der Waals surface area contributed by atoms with E-state index < -0.39 is 29.9 Å². The number of rotatable bonds is 9. The summed E-state index contributed by atoms with van der Waals surface area (Å²) in [7, 11) is 1.24. The number of methoxy groups -OCH3 is 1. The summed E-state index contributed by atoms with van der Waals surface area (Å²) in [6.07, 6.45) is 0.201. The van der Waals surface area contributed by atoms with Crippen LogP contribution >= 0.6 is 11.8 Å². The average Bonchev–Trinajstić information content (AvgIpc) is 2.68. The van der Waals surface area contributed by atoms with E-state index in [1.807, 2.05) is 44.2 Å². The molecule has 0 radical (unpaired) electrons. The lowest BCUT2D eigenvalue weighted by molar-refractivity contribution is -0.179. The molecular formula is C21H28O6S. The van der Waals surface area contributed by atoms with E-state index >= 15 is 0 Å². The SMILES string of the molecule is CCSC(=O)C[C@@H]1C[C@H]([C@H](C)COCc2ccccc2)OC(=O)[C@H]1C(=O)OC. The Balaban J connectivity index is 1.97. The highest BCUT2D eigenvalue weighted by atomic mass is 32.2. The normalized spacial score (nSPS) is 23.0. The lowest BCUT2D eigenvalue weighted by atomic mass is 9.80. The number of hydrogen-bond acceptors (Lipinski definition) is 7. The smallest absolute Gasteiger partial charge is 0.320 e. The van der Waals surface area contributed by atoms with Crippen molar-refractivity contribution in [3.8, 4) is 0 Å². The molecule has 1 saturated heterocycles. The number of thioether (sulfide) groups is 1. The number of carbonyl (C=O) groups is 3. The van der Waals surface area contributed by atoms with Gasteiger partial charge in [0, 0.05) is 12.3 Å². The first-order chi connectivity index (χ1) is 13.5. The quantitative estimate of drug-likeness (QED) is 0.458. The third-order valence-electron chi connectivity index (χ3n) is 4.84. The standard InChI is InChI=1S/C21H28O6S/c1-4-28-18(22)11-16-10-17(27-21(24)19(16)20(23)25-3)14(2)12-26-13-15-8-6-5-7-9-15/h5-9,14,16-17,19H,4,10-13H2,1-3H3/t14-,16+,17-,19-/m1/s1. The van der Waals surface area contributed by atoms with Crippen LogP contribution in [0.5, 0.6) is 0 Å². The third kappa shape index (κ3) is 6.34. The molecule has 0 bridgehead atoms. The molecule has 1 aromatic carbocycles. The molecule has 28 heavy (non-hydrogen) atoms. The van der Waals surface area contributed by atoms with E-state index in [4.69, 9.17) is 14.2 Å². The van der Waals surface area contributed by atoms with Crippen LogP contribution in [-0.4, -0.2) is 42.6 Å². The molecule has 1 heterocycles. The molecule has 4 atom stereocenters. The Morgan fingerprint density at radius 2 is 2.00 bits per heavy atom. The molecule has 154 valence electrons. The van der Waals surface area contributed by atoms with Crippen LogP contribution in [0.4, 0.5) is 0 Å². The summed E-state index contributed by atoms with van der Waals surface area (Å²) in [4.78, 5) is 36.7. The Morgan fingerprint density at radius 1 is 1.29 bits per heavy atom. The fraction of sp³-hybridized carbons (Fsp3) is 0.571. The van der Waals surface area contributed by atoms with Crippen molar-refractivity contribution in [3.05, 3.63) is 35.9 Å². The molecule has 0 unspecified atom stereocenters. The van der Waals surface area contributed by atoms with Gasteiger partial charge in [0.25, 0.3) is 0 Å². The number of esters is 2. The van der Waals surface area contributed by atoms with E-state index in [2.05, 4.69) is 0 Å². The van der Waals surface area contributed by atoms with Gasteiger partial charge in [-0.25, -0.2) is 0 Å². The number of hydrogen-bond donors (Lipinski definition) is 0. The Hall–Kier alpha value is -1.86. The molecule has 0 aromatic heterocycles. The van der Waals surface area contributed by atoms with Gasteiger partial charge in [-0.05, 0) is 23.7 Å². The highest BCUT2D eigenvalue weighted by Crippen LogP contribution is 2.34. The molecular weight excluding hydrogens is 380 g/mol. The molecule has 2 rings (SSSR count). The molecule has 0 N–H and O–H groups in total. The van der Waals surface area contributed by atoms with Crippen LogP contribution in [0.15, 0.2) is 30.3 Å². The summed E-state index contributed by atoms with van der Waals surface area (Å²) in [5.41, 5.74) is 1.07. The first-order valence-electron chi connectivity index (χ1n) is 9.51. The average molecular weight is 409 g/mol. The zero-order valence-corrected chi connectivity index (χ0v) is 17.4. The molecule has 0 saturated carbocycles. The lowest BCUT2D eigenvalue weighted by Gasteiger charge is -2.36. The highest BCUT2D eigenvalue weighted by Gasteiger charge is 2.45. The molecule has 0 spiro atoms. The number of ether oxygens (including phenoxy) is 3. The van der Waals surface area contributed by atoms with Crippen molar-refractivity contribution in [2.45, 2.75) is 39.4 Å². The van der Waals surface area contributed by atoms with Crippen LogP contribution in [0.1, 0.15) is 32.3 Å². The first kappa shape index (κ1) is 22.4. The van der Waals surface area contributed by atoms with E-state index in [1.54, 1.807) is 0 Å². The van der Waals surface area contributed by atoms with Gasteiger partial charge in [0.2, 0.25) is 0 Å². The van der Waals surface area contributed by atoms with E-state index in [9.17, 15) is 14.4 Å². The fourth-order valence-corrected chi connectivity index (χ4v) is 3.99. The second-order valence-corrected chi connectivity index (χ2v) is 8.28. The summed E-state index contributed by atoms with van der Waals surface area (Å²) < 4.78 is 16.0. The molecule has 0 amide bonds. The topological polar surface area (TPSA) is 78.9 Å². The number of carbonyl (C=O) groups excluding carboxylic acids is 3. The highest BCUT2D eigenvalue weighted by molar-refractivity contribution is 8.13. The lowest BCUT2D eigenvalue weighted by Crippen LogP contribution is -2.45. The van der Waals surface area contributed by atoms with E-state index in [-0.39, 0.29) is 17.5 Å². The van der Waals surface area contributed by atoms with Crippen LogP contribution in [0.2, 0.25) is 0 Å². The van der Waals surface area contributed by atoms with Crippen molar-refractivity contribution in [2.24, 2.45) is 17.8 Å². The van der Waals surface area contributed by atoms with E-state index in [0.717, 1.165) is 5.56 Å². The first-order valence-corrected chi connectivity index (χ1v) is 10.5. The van der Waals surface area contributed by atoms with Crippen molar-refractivity contribution in [1.29, 1.82) is 0 Å². The molecule has 1 aliphatic rings. The zero-order chi connectivity index (χ0) is 20.5. The van der Waals surface area contributed by atoms with Crippen molar-refractivity contribution < 1.29 is 28.6 Å². The number of benzene rings is 1. The third-order valence-corrected chi connectivity index (χ3v) is 5.62. The second kappa shape index (κ2) is 11.2. The maximum absolute atomic E-state index is 12.5. The molecule has 1 aromatic rings. The Morgan fingerprint density at radius 3 is 2.64 bits per heavy atom. The summed E-state index contributed by atoms with van der Waals surface area (Å²) in [5.74, 6) is -2.11. The summed E-state index contributed by atoms with van der Waals surface area (Å²) >= 11 is 1.20. The molecule has 1 aliphatic heterocycles. The predicted octanol–water partition coefficient (Wildman–Crippen LogP) is 3.23. The maximum atomic E-state index is 12.5. The van der Waals surface area contributed by atoms with Gasteiger partial charge in [-0.1, -0.05) is 55.9 Å².